The molecule has 0 aliphatic heterocycles. The zero-order valence-corrected chi connectivity index (χ0v) is 12.6. The number of carbonyl (C=O) groups is 1. The average Bonchev–Trinajstić information content (AvgIpc) is 2.45. The van der Waals surface area contributed by atoms with Crippen LogP contribution in [0, 0.1) is 12.8 Å². The average molecular weight is 275 g/mol. The first-order chi connectivity index (χ1) is 9.52. The Morgan fingerprint density at radius 2 is 2.15 bits per heavy atom. The standard InChI is InChI=1S/C16H25N3O/c1-11-5-4-6-14(9-11)19(3)16(20)13-7-8-15(18-17)12(2)10-13/h7-8,10-11,14,18H,4-6,9,17H2,1-3H3. The van der Waals surface area contributed by atoms with Crippen molar-refractivity contribution in [3.63, 3.8) is 0 Å². The van der Waals surface area contributed by atoms with E-state index in [4.69, 9.17) is 5.84 Å². The number of carbonyl (C=O) groups excluding carboxylic acids is 1. The molecule has 0 spiro atoms. The largest absolute Gasteiger partial charge is 0.339 e. The van der Waals surface area contributed by atoms with Gasteiger partial charge >= 0.3 is 0 Å². The fourth-order valence-electron chi connectivity index (χ4n) is 3.08. The summed E-state index contributed by atoms with van der Waals surface area (Å²) in [5, 5.41) is 0. The Morgan fingerprint density at radius 1 is 1.40 bits per heavy atom. The first kappa shape index (κ1) is 14.9. The molecule has 1 fully saturated rings. The van der Waals surface area contributed by atoms with Crippen LogP contribution in [0.3, 0.4) is 0 Å². The molecule has 2 atom stereocenters. The van der Waals surface area contributed by atoms with Gasteiger partial charge in [0, 0.05) is 18.7 Å². The number of hydrazine groups is 1. The normalized spacial score (nSPS) is 22.4. The first-order valence-corrected chi connectivity index (χ1v) is 7.37. The molecule has 0 heterocycles. The van der Waals surface area contributed by atoms with Gasteiger partial charge in [0.2, 0.25) is 0 Å². The lowest BCUT2D eigenvalue weighted by Gasteiger charge is -2.34. The van der Waals surface area contributed by atoms with Gasteiger partial charge in [-0.2, -0.15) is 0 Å². The van der Waals surface area contributed by atoms with Crippen LogP contribution >= 0.6 is 0 Å². The minimum atomic E-state index is 0.107. The third-order valence-electron chi connectivity index (χ3n) is 4.41. The number of anilines is 1. The highest BCUT2D eigenvalue weighted by Crippen LogP contribution is 2.27. The van der Waals surface area contributed by atoms with Crippen molar-refractivity contribution < 1.29 is 4.79 Å². The lowest BCUT2D eigenvalue weighted by molar-refractivity contribution is 0.0672. The summed E-state index contributed by atoms with van der Waals surface area (Å²) in [4.78, 5) is 14.5. The van der Waals surface area contributed by atoms with E-state index in [0.717, 1.165) is 35.6 Å². The highest BCUT2D eigenvalue weighted by molar-refractivity contribution is 5.95. The molecule has 4 heteroatoms. The van der Waals surface area contributed by atoms with Gasteiger partial charge in [0.25, 0.3) is 5.91 Å². The molecule has 2 rings (SSSR count). The Morgan fingerprint density at radius 3 is 2.75 bits per heavy atom. The van der Waals surface area contributed by atoms with Gasteiger partial charge in [-0.05, 0) is 49.4 Å². The van der Waals surface area contributed by atoms with Crippen molar-refractivity contribution in [1.82, 2.24) is 4.90 Å². The Bertz CT molecular complexity index is 487. The number of aryl methyl sites for hydroxylation is 1. The quantitative estimate of drug-likeness (QED) is 0.658. The molecule has 3 N–H and O–H groups in total. The van der Waals surface area contributed by atoms with Crippen LogP contribution in [0.2, 0.25) is 0 Å². The summed E-state index contributed by atoms with van der Waals surface area (Å²) in [7, 11) is 1.93. The molecule has 1 aromatic rings. The Kier molecular flexibility index (Phi) is 4.65. The van der Waals surface area contributed by atoms with Gasteiger partial charge in [0.05, 0.1) is 5.69 Å². The van der Waals surface area contributed by atoms with E-state index in [2.05, 4.69) is 12.3 Å². The van der Waals surface area contributed by atoms with Crippen molar-refractivity contribution >= 4 is 11.6 Å². The van der Waals surface area contributed by atoms with Crippen molar-refractivity contribution in [2.24, 2.45) is 11.8 Å². The molecule has 1 amide bonds. The molecule has 0 radical (unpaired) electrons. The van der Waals surface area contributed by atoms with Crippen LogP contribution in [0.5, 0.6) is 0 Å². The first-order valence-electron chi connectivity index (χ1n) is 7.37. The lowest BCUT2D eigenvalue weighted by Crippen LogP contribution is -2.39. The summed E-state index contributed by atoms with van der Waals surface area (Å²) in [6.07, 6.45) is 4.74. The van der Waals surface area contributed by atoms with Crippen LogP contribution in [-0.2, 0) is 0 Å². The van der Waals surface area contributed by atoms with E-state index in [1.54, 1.807) is 0 Å². The summed E-state index contributed by atoms with van der Waals surface area (Å²) in [6.45, 7) is 4.23. The van der Waals surface area contributed by atoms with E-state index in [0.29, 0.717) is 6.04 Å². The molecule has 20 heavy (non-hydrogen) atoms. The van der Waals surface area contributed by atoms with E-state index < -0.39 is 0 Å². The molecular formula is C16H25N3O. The van der Waals surface area contributed by atoms with E-state index >= 15 is 0 Å². The number of nitrogens with two attached hydrogens (primary N) is 1. The van der Waals surface area contributed by atoms with E-state index in [1.165, 1.54) is 12.8 Å². The number of amides is 1. The maximum atomic E-state index is 12.6. The number of nitrogens with zero attached hydrogens (tertiary/aromatic N) is 1. The van der Waals surface area contributed by atoms with Gasteiger partial charge < -0.3 is 10.3 Å². The van der Waals surface area contributed by atoms with Crippen LogP contribution in [0.4, 0.5) is 5.69 Å². The van der Waals surface area contributed by atoms with E-state index in [-0.39, 0.29) is 5.91 Å². The number of hydrogen-bond acceptors (Lipinski definition) is 3. The smallest absolute Gasteiger partial charge is 0.253 e. The zero-order valence-electron chi connectivity index (χ0n) is 12.6. The van der Waals surface area contributed by atoms with Gasteiger partial charge in [0.1, 0.15) is 0 Å². The second-order valence-corrected chi connectivity index (χ2v) is 6.02. The molecule has 110 valence electrons. The van der Waals surface area contributed by atoms with Crippen molar-refractivity contribution in [1.29, 1.82) is 0 Å². The predicted molar refractivity (Wildman–Crippen MR) is 82.5 cm³/mol. The summed E-state index contributed by atoms with van der Waals surface area (Å²) in [6, 6.07) is 5.98. The molecule has 0 bridgehead atoms. The van der Waals surface area contributed by atoms with Gasteiger partial charge in [-0.25, -0.2) is 0 Å². The van der Waals surface area contributed by atoms with Gasteiger partial charge in [-0.15, -0.1) is 0 Å². The summed E-state index contributed by atoms with van der Waals surface area (Å²) in [5.41, 5.74) is 5.22. The van der Waals surface area contributed by atoms with E-state index in [9.17, 15) is 4.79 Å². The monoisotopic (exact) mass is 275 g/mol. The number of rotatable bonds is 3. The molecule has 2 unspecified atom stereocenters. The maximum Gasteiger partial charge on any atom is 0.253 e. The number of nitrogens with one attached hydrogen (secondary N) is 1. The summed E-state index contributed by atoms with van der Waals surface area (Å²) < 4.78 is 0. The van der Waals surface area contributed by atoms with Crippen LogP contribution in [0.1, 0.15) is 48.5 Å². The molecule has 1 saturated carbocycles. The Balaban J connectivity index is 2.11. The minimum absolute atomic E-state index is 0.107. The topological polar surface area (TPSA) is 58.4 Å². The van der Waals surface area contributed by atoms with Gasteiger partial charge in [-0.1, -0.05) is 19.8 Å². The van der Waals surface area contributed by atoms with Crippen LogP contribution in [-0.4, -0.2) is 23.9 Å². The van der Waals surface area contributed by atoms with Crippen molar-refractivity contribution in [3.8, 4) is 0 Å². The molecule has 1 aliphatic rings. The van der Waals surface area contributed by atoms with Crippen LogP contribution in [0.25, 0.3) is 0 Å². The van der Waals surface area contributed by atoms with Crippen molar-refractivity contribution in [2.75, 3.05) is 12.5 Å². The SMILES string of the molecule is Cc1cc(C(=O)N(C)C2CCCC(C)C2)ccc1NN. The molecular weight excluding hydrogens is 250 g/mol. The molecule has 1 aliphatic carbocycles. The highest BCUT2D eigenvalue weighted by atomic mass is 16.2. The third kappa shape index (κ3) is 3.12. The maximum absolute atomic E-state index is 12.6. The lowest BCUT2D eigenvalue weighted by atomic mass is 9.86. The summed E-state index contributed by atoms with van der Waals surface area (Å²) >= 11 is 0. The number of benzene rings is 1. The second-order valence-electron chi connectivity index (χ2n) is 6.02. The molecule has 0 aromatic heterocycles. The molecule has 1 aromatic carbocycles. The van der Waals surface area contributed by atoms with Gasteiger partial charge in [-0.3, -0.25) is 10.6 Å². The highest BCUT2D eigenvalue weighted by Gasteiger charge is 2.26. The minimum Gasteiger partial charge on any atom is -0.339 e. The Hall–Kier alpha value is -1.55. The molecule has 0 saturated heterocycles. The third-order valence-corrected chi connectivity index (χ3v) is 4.41. The fourth-order valence-corrected chi connectivity index (χ4v) is 3.08. The Labute approximate surface area is 121 Å². The number of nitrogen functional groups attached to an aromatic ring is 1. The van der Waals surface area contributed by atoms with Crippen LogP contribution in [0.15, 0.2) is 18.2 Å². The molecule has 4 nitrogen and oxygen atoms in total. The van der Waals surface area contributed by atoms with Gasteiger partial charge in [0.15, 0.2) is 0 Å². The second kappa shape index (κ2) is 6.27. The fraction of sp³-hybridized carbons (Fsp3) is 0.562. The van der Waals surface area contributed by atoms with E-state index in [1.807, 2.05) is 37.1 Å². The number of hydrogen-bond donors (Lipinski definition) is 2. The predicted octanol–water partition coefficient (Wildman–Crippen LogP) is 2.93. The van der Waals surface area contributed by atoms with Crippen molar-refractivity contribution in [2.45, 2.75) is 45.6 Å². The van der Waals surface area contributed by atoms with Crippen LogP contribution < -0.4 is 11.3 Å². The summed E-state index contributed by atoms with van der Waals surface area (Å²) in [5.74, 6) is 6.25. The van der Waals surface area contributed by atoms with Crippen molar-refractivity contribution in [3.05, 3.63) is 29.3 Å². The zero-order chi connectivity index (χ0) is 14.7.